The highest BCUT2D eigenvalue weighted by Crippen LogP contribution is 1.98. The molecule has 0 fully saturated rings. The largest absolute Gasteiger partial charge is 0.313 e. The summed E-state index contributed by atoms with van der Waals surface area (Å²) in [5.74, 6) is 0. The fourth-order valence-electron chi connectivity index (χ4n) is 2.00. The van der Waals surface area contributed by atoms with Gasteiger partial charge in [0.2, 0.25) is 0 Å². The maximum atomic E-state index is 3.46. The van der Waals surface area contributed by atoms with E-state index in [1.165, 1.54) is 11.1 Å². The molecule has 0 saturated heterocycles. The van der Waals surface area contributed by atoms with Gasteiger partial charge in [0.15, 0.2) is 0 Å². The van der Waals surface area contributed by atoms with Crippen LogP contribution in [0.4, 0.5) is 0 Å². The SMILES string of the molecule is Cl.Cl.c1ccc(CNCCCNCc2ccccc2)cc1. The Morgan fingerprint density at radius 2 is 0.952 bits per heavy atom. The molecule has 2 nitrogen and oxygen atoms in total. The van der Waals surface area contributed by atoms with Crippen LogP contribution < -0.4 is 10.6 Å². The van der Waals surface area contributed by atoms with Gasteiger partial charge in [-0.2, -0.15) is 0 Å². The van der Waals surface area contributed by atoms with Gasteiger partial charge in [-0.05, 0) is 30.6 Å². The summed E-state index contributed by atoms with van der Waals surface area (Å²) in [4.78, 5) is 0. The van der Waals surface area contributed by atoms with Gasteiger partial charge in [0.25, 0.3) is 0 Å². The van der Waals surface area contributed by atoms with Crippen LogP contribution >= 0.6 is 24.8 Å². The molecule has 0 aliphatic carbocycles. The summed E-state index contributed by atoms with van der Waals surface area (Å²) in [6.45, 7) is 4.02. The van der Waals surface area contributed by atoms with Crippen molar-refractivity contribution in [1.82, 2.24) is 10.6 Å². The smallest absolute Gasteiger partial charge is 0.0205 e. The van der Waals surface area contributed by atoms with Gasteiger partial charge in [-0.25, -0.2) is 0 Å². The molecule has 4 heteroatoms. The molecule has 0 aliphatic heterocycles. The van der Waals surface area contributed by atoms with Crippen molar-refractivity contribution in [3.8, 4) is 0 Å². The Labute approximate surface area is 140 Å². The molecule has 0 bridgehead atoms. The van der Waals surface area contributed by atoms with Crippen LogP contribution in [0, 0.1) is 0 Å². The van der Waals surface area contributed by atoms with Gasteiger partial charge in [0.05, 0.1) is 0 Å². The fourth-order valence-corrected chi connectivity index (χ4v) is 2.00. The van der Waals surface area contributed by atoms with Crippen molar-refractivity contribution < 1.29 is 0 Å². The van der Waals surface area contributed by atoms with Crippen LogP contribution in [-0.4, -0.2) is 13.1 Å². The van der Waals surface area contributed by atoms with E-state index >= 15 is 0 Å². The Morgan fingerprint density at radius 1 is 0.571 bits per heavy atom. The lowest BCUT2D eigenvalue weighted by Gasteiger charge is -2.06. The van der Waals surface area contributed by atoms with E-state index < -0.39 is 0 Å². The van der Waals surface area contributed by atoms with E-state index in [1.54, 1.807) is 0 Å². The minimum absolute atomic E-state index is 0. The monoisotopic (exact) mass is 326 g/mol. The van der Waals surface area contributed by atoms with Crippen molar-refractivity contribution in [2.75, 3.05) is 13.1 Å². The third-order valence-electron chi connectivity index (χ3n) is 3.05. The number of benzene rings is 2. The molecule has 0 amide bonds. The van der Waals surface area contributed by atoms with Crippen LogP contribution in [-0.2, 0) is 13.1 Å². The first-order valence-corrected chi connectivity index (χ1v) is 6.94. The Bertz CT molecular complexity index is 405. The Hall–Kier alpha value is -1.06. The summed E-state index contributed by atoms with van der Waals surface area (Å²) in [5.41, 5.74) is 2.69. The van der Waals surface area contributed by atoms with Crippen LogP contribution in [0.2, 0.25) is 0 Å². The number of hydrogen-bond acceptors (Lipinski definition) is 2. The van der Waals surface area contributed by atoms with E-state index in [0.717, 1.165) is 32.6 Å². The zero-order valence-corrected chi connectivity index (χ0v) is 13.8. The Kier molecular flexibility index (Phi) is 12.0. The van der Waals surface area contributed by atoms with Crippen LogP contribution in [0.5, 0.6) is 0 Å². The van der Waals surface area contributed by atoms with Crippen LogP contribution in [0.15, 0.2) is 60.7 Å². The number of rotatable bonds is 8. The third kappa shape index (κ3) is 8.74. The zero-order chi connectivity index (χ0) is 13.2. The lowest BCUT2D eigenvalue weighted by molar-refractivity contribution is 0.595. The Balaban J connectivity index is 0.00000200. The third-order valence-corrected chi connectivity index (χ3v) is 3.05. The lowest BCUT2D eigenvalue weighted by Crippen LogP contribution is -2.21. The molecular weight excluding hydrogens is 303 g/mol. The molecule has 0 radical (unpaired) electrons. The molecular formula is C17H24Cl2N2. The van der Waals surface area contributed by atoms with Gasteiger partial charge in [-0.1, -0.05) is 60.7 Å². The predicted octanol–water partition coefficient (Wildman–Crippen LogP) is 3.80. The van der Waals surface area contributed by atoms with Crippen LogP contribution in [0.25, 0.3) is 0 Å². The van der Waals surface area contributed by atoms with E-state index in [1.807, 2.05) is 0 Å². The number of nitrogens with one attached hydrogen (secondary N) is 2. The molecule has 21 heavy (non-hydrogen) atoms. The highest BCUT2D eigenvalue weighted by atomic mass is 35.5. The molecule has 0 atom stereocenters. The fraction of sp³-hybridized carbons (Fsp3) is 0.294. The summed E-state index contributed by atoms with van der Waals surface area (Å²) >= 11 is 0. The first-order valence-electron chi connectivity index (χ1n) is 6.94. The van der Waals surface area contributed by atoms with Gasteiger partial charge in [-0.15, -0.1) is 24.8 Å². The molecule has 0 saturated carbocycles. The van der Waals surface area contributed by atoms with Crippen molar-refractivity contribution >= 4 is 24.8 Å². The van der Waals surface area contributed by atoms with Crippen molar-refractivity contribution in [2.45, 2.75) is 19.5 Å². The standard InChI is InChI=1S/C17H22N2.2ClH/c1-3-8-16(9-4-1)14-18-12-7-13-19-15-17-10-5-2-6-11-17;;/h1-6,8-11,18-19H,7,12-15H2;2*1H. The van der Waals surface area contributed by atoms with E-state index in [0.29, 0.717) is 0 Å². The molecule has 0 spiro atoms. The van der Waals surface area contributed by atoms with E-state index in [4.69, 9.17) is 0 Å². The number of halogens is 2. The summed E-state index contributed by atoms with van der Waals surface area (Å²) in [6, 6.07) is 21.0. The van der Waals surface area contributed by atoms with Gasteiger partial charge >= 0.3 is 0 Å². The maximum Gasteiger partial charge on any atom is 0.0205 e. The summed E-state index contributed by atoms with van der Waals surface area (Å²) in [5, 5.41) is 6.92. The molecule has 116 valence electrons. The van der Waals surface area contributed by atoms with E-state index in [2.05, 4.69) is 71.3 Å². The van der Waals surface area contributed by atoms with Crippen molar-refractivity contribution in [3.05, 3.63) is 71.8 Å². The number of hydrogen-bond donors (Lipinski definition) is 2. The highest BCUT2D eigenvalue weighted by Gasteiger charge is 1.92. The summed E-state index contributed by atoms with van der Waals surface area (Å²) < 4.78 is 0. The Morgan fingerprint density at radius 3 is 1.33 bits per heavy atom. The molecule has 2 aromatic carbocycles. The first kappa shape index (κ1) is 19.9. The average Bonchev–Trinajstić information content (AvgIpc) is 2.48. The quantitative estimate of drug-likeness (QED) is 0.721. The molecule has 0 heterocycles. The van der Waals surface area contributed by atoms with Crippen molar-refractivity contribution in [2.24, 2.45) is 0 Å². The molecule has 2 rings (SSSR count). The molecule has 0 aromatic heterocycles. The summed E-state index contributed by atoms with van der Waals surface area (Å²) in [6.07, 6.45) is 1.15. The highest BCUT2D eigenvalue weighted by molar-refractivity contribution is 5.85. The second-order valence-electron chi connectivity index (χ2n) is 4.68. The molecule has 2 N–H and O–H groups in total. The zero-order valence-electron chi connectivity index (χ0n) is 12.1. The van der Waals surface area contributed by atoms with Crippen LogP contribution in [0.1, 0.15) is 17.5 Å². The second kappa shape index (κ2) is 12.7. The second-order valence-corrected chi connectivity index (χ2v) is 4.68. The minimum Gasteiger partial charge on any atom is -0.313 e. The lowest BCUT2D eigenvalue weighted by atomic mass is 10.2. The van der Waals surface area contributed by atoms with Crippen LogP contribution in [0.3, 0.4) is 0 Å². The van der Waals surface area contributed by atoms with Gasteiger partial charge in [-0.3, -0.25) is 0 Å². The van der Waals surface area contributed by atoms with Crippen molar-refractivity contribution in [3.63, 3.8) is 0 Å². The predicted molar refractivity (Wildman–Crippen MR) is 95.4 cm³/mol. The first-order chi connectivity index (χ1) is 9.45. The van der Waals surface area contributed by atoms with E-state index in [-0.39, 0.29) is 24.8 Å². The van der Waals surface area contributed by atoms with Crippen molar-refractivity contribution in [1.29, 1.82) is 0 Å². The van der Waals surface area contributed by atoms with Gasteiger partial charge < -0.3 is 10.6 Å². The van der Waals surface area contributed by atoms with E-state index in [9.17, 15) is 0 Å². The normalized spacial score (nSPS) is 9.52. The topological polar surface area (TPSA) is 24.1 Å². The van der Waals surface area contributed by atoms with Gasteiger partial charge in [0.1, 0.15) is 0 Å². The van der Waals surface area contributed by atoms with Gasteiger partial charge in [0, 0.05) is 13.1 Å². The molecule has 0 aliphatic rings. The average molecular weight is 327 g/mol. The summed E-state index contributed by atoms with van der Waals surface area (Å²) in [7, 11) is 0. The minimum atomic E-state index is 0. The molecule has 2 aromatic rings. The molecule has 0 unspecified atom stereocenters. The maximum absolute atomic E-state index is 3.46.